The van der Waals surface area contributed by atoms with Gasteiger partial charge in [-0.1, -0.05) is 37.0 Å². The van der Waals surface area contributed by atoms with Crippen molar-refractivity contribution >= 4 is 35.0 Å². The monoisotopic (exact) mass is 400 g/mol. The molecule has 26 heavy (non-hydrogen) atoms. The number of amides is 2. The van der Waals surface area contributed by atoms with Gasteiger partial charge in [0.15, 0.2) is 6.61 Å². The van der Waals surface area contributed by atoms with E-state index in [1.807, 2.05) is 13.8 Å². The molecule has 1 aliphatic rings. The van der Waals surface area contributed by atoms with E-state index < -0.39 is 0 Å². The van der Waals surface area contributed by atoms with Crippen LogP contribution in [-0.4, -0.2) is 42.5 Å². The lowest BCUT2D eigenvalue weighted by molar-refractivity contribution is -0.134. The van der Waals surface area contributed by atoms with Crippen molar-refractivity contribution in [1.29, 1.82) is 0 Å². The first-order valence-corrected chi connectivity index (χ1v) is 9.86. The molecule has 0 saturated carbocycles. The third-order valence-corrected chi connectivity index (χ3v) is 5.33. The highest BCUT2D eigenvalue weighted by molar-refractivity contribution is 6.35. The molecular formula is C19H26Cl2N2O3. The highest BCUT2D eigenvalue weighted by Gasteiger charge is 2.25. The molecule has 144 valence electrons. The normalized spacial score (nSPS) is 15.2. The van der Waals surface area contributed by atoms with Crippen molar-refractivity contribution in [3.63, 3.8) is 0 Å². The van der Waals surface area contributed by atoms with E-state index in [1.54, 1.807) is 23.1 Å². The van der Waals surface area contributed by atoms with Gasteiger partial charge < -0.3 is 15.0 Å². The molecule has 7 heteroatoms. The summed E-state index contributed by atoms with van der Waals surface area (Å²) in [5, 5.41) is 4.01. The second kappa shape index (κ2) is 10.0. The molecule has 0 aromatic heterocycles. The van der Waals surface area contributed by atoms with Gasteiger partial charge in [-0.05, 0) is 43.9 Å². The topological polar surface area (TPSA) is 58.6 Å². The smallest absolute Gasteiger partial charge is 0.260 e. The molecule has 1 aliphatic heterocycles. The molecule has 2 amide bonds. The zero-order valence-corrected chi connectivity index (χ0v) is 16.8. The Morgan fingerprint density at radius 3 is 2.46 bits per heavy atom. The Kier molecular flexibility index (Phi) is 8.04. The molecule has 2 rings (SSSR count). The standard InChI is InChI=1S/C19H26Cl2N2O3/c1-3-13(4-2)19(25)22-15-7-9-23(10-8-15)18(24)12-26-17-6-5-14(20)11-16(17)21/h5-6,11,13,15H,3-4,7-10,12H2,1-2H3,(H,22,25). The number of halogens is 2. The molecule has 0 unspecified atom stereocenters. The SMILES string of the molecule is CCC(CC)C(=O)NC1CCN(C(=O)COc2ccc(Cl)cc2Cl)CC1. The summed E-state index contributed by atoms with van der Waals surface area (Å²) in [5.41, 5.74) is 0. The van der Waals surface area contributed by atoms with Crippen LogP contribution >= 0.6 is 23.2 Å². The lowest BCUT2D eigenvalue weighted by atomic mass is 10.00. The fraction of sp³-hybridized carbons (Fsp3) is 0.579. The number of carbonyl (C=O) groups excluding carboxylic acids is 2. The summed E-state index contributed by atoms with van der Waals surface area (Å²) in [6.45, 7) is 5.23. The van der Waals surface area contributed by atoms with Gasteiger partial charge in [-0.2, -0.15) is 0 Å². The minimum Gasteiger partial charge on any atom is -0.482 e. The van der Waals surface area contributed by atoms with Crippen LogP contribution in [0.5, 0.6) is 5.75 Å². The molecule has 1 fully saturated rings. The molecule has 0 spiro atoms. The Morgan fingerprint density at radius 2 is 1.88 bits per heavy atom. The van der Waals surface area contributed by atoms with Gasteiger partial charge in [-0.15, -0.1) is 0 Å². The van der Waals surface area contributed by atoms with Crippen LogP contribution in [0.25, 0.3) is 0 Å². The van der Waals surface area contributed by atoms with Gasteiger partial charge in [0.25, 0.3) is 5.91 Å². The fourth-order valence-electron chi connectivity index (χ4n) is 3.07. The van der Waals surface area contributed by atoms with E-state index in [9.17, 15) is 9.59 Å². The zero-order chi connectivity index (χ0) is 19.1. The predicted molar refractivity (Wildman–Crippen MR) is 104 cm³/mol. The maximum atomic E-state index is 12.3. The van der Waals surface area contributed by atoms with Gasteiger partial charge in [-0.25, -0.2) is 0 Å². The first kappa shape index (κ1) is 20.8. The summed E-state index contributed by atoms with van der Waals surface area (Å²) in [5.74, 6) is 0.560. The average molecular weight is 401 g/mol. The number of carbonyl (C=O) groups is 2. The van der Waals surface area contributed by atoms with Gasteiger partial charge in [0.2, 0.25) is 5.91 Å². The third-order valence-electron chi connectivity index (χ3n) is 4.80. The summed E-state index contributed by atoms with van der Waals surface area (Å²) < 4.78 is 5.51. The second-order valence-electron chi connectivity index (χ2n) is 6.54. The van der Waals surface area contributed by atoms with E-state index in [1.165, 1.54) is 0 Å². The van der Waals surface area contributed by atoms with Crippen LogP contribution in [0.2, 0.25) is 10.0 Å². The van der Waals surface area contributed by atoms with Gasteiger partial charge >= 0.3 is 0 Å². The van der Waals surface area contributed by atoms with Gasteiger partial charge in [0, 0.05) is 30.1 Å². The number of nitrogens with one attached hydrogen (secondary N) is 1. The molecule has 1 saturated heterocycles. The third kappa shape index (κ3) is 5.78. The lowest BCUT2D eigenvalue weighted by Gasteiger charge is -2.33. The number of nitrogens with zero attached hydrogens (tertiary/aromatic N) is 1. The molecule has 0 bridgehead atoms. The summed E-state index contributed by atoms with van der Waals surface area (Å²) in [7, 11) is 0. The Bertz CT molecular complexity index is 627. The van der Waals surface area contributed by atoms with Crippen LogP contribution in [0.1, 0.15) is 39.5 Å². The Morgan fingerprint density at radius 1 is 1.23 bits per heavy atom. The van der Waals surface area contributed by atoms with Crippen molar-refractivity contribution in [3.05, 3.63) is 28.2 Å². The highest BCUT2D eigenvalue weighted by Crippen LogP contribution is 2.27. The quantitative estimate of drug-likeness (QED) is 0.754. The molecule has 1 N–H and O–H groups in total. The summed E-state index contributed by atoms with van der Waals surface area (Å²) in [6.07, 6.45) is 3.23. The van der Waals surface area contributed by atoms with Gasteiger partial charge in [0.05, 0.1) is 5.02 Å². The van der Waals surface area contributed by atoms with Crippen LogP contribution in [0, 0.1) is 5.92 Å². The lowest BCUT2D eigenvalue weighted by Crippen LogP contribution is -2.48. The minimum atomic E-state index is -0.0826. The number of benzene rings is 1. The van der Waals surface area contributed by atoms with Gasteiger partial charge in [0.1, 0.15) is 5.75 Å². The van der Waals surface area contributed by atoms with Crippen molar-refractivity contribution in [2.45, 2.75) is 45.6 Å². The van der Waals surface area contributed by atoms with E-state index in [0.29, 0.717) is 28.9 Å². The summed E-state index contributed by atoms with van der Waals surface area (Å²) in [4.78, 5) is 26.3. The number of rotatable bonds is 7. The van der Waals surface area contributed by atoms with Crippen molar-refractivity contribution < 1.29 is 14.3 Å². The maximum Gasteiger partial charge on any atom is 0.260 e. The second-order valence-corrected chi connectivity index (χ2v) is 7.38. The molecule has 0 atom stereocenters. The van der Waals surface area contributed by atoms with E-state index in [0.717, 1.165) is 25.7 Å². The van der Waals surface area contributed by atoms with Crippen LogP contribution in [0.4, 0.5) is 0 Å². The predicted octanol–water partition coefficient (Wildman–Crippen LogP) is 3.92. The summed E-state index contributed by atoms with van der Waals surface area (Å²) >= 11 is 11.9. The molecule has 0 aliphatic carbocycles. The van der Waals surface area contributed by atoms with Gasteiger partial charge in [-0.3, -0.25) is 9.59 Å². The van der Waals surface area contributed by atoms with E-state index in [2.05, 4.69) is 5.32 Å². The number of hydrogen-bond acceptors (Lipinski definition) is 3. The van der Waals surface area contributed by atoms with Crippen LogP contribution in [0.15, 0.2) is 18.2 Å². The van der Waals surface area contributed by atoms with E-state index >= 15 is 0 Å². The average Bonchev–Trinajstić information content (AvgIpc) is 2.62. The molecular weight excluding hydrogens is 375 g/mol. The Balaban J connectivity index is 1.76. The minimum absolute atomic E-state index is 0.0634. The number of piperidine rings is 1. The van der Waals surface area contributed by atoms with Crippen molar-refractivity contribution in [2.75, 3.05) is 19.7 Å². The summed E-state index contributed by atoms with van der Waals surface area (Å²) in [6, 6.07) is 5.04. The maximum absolute atomic E-state index is 12.3. The molecule has 5 nitrogen and oxygen atoms in total. The van der Waals surface area contributed by atoms with Crippen molar-refractivity contribution in [3.8, 4) is 5.75 Å². The molecule has 1 heterocycles. The van der Waals surface area contributed by atoms with Crippen LogP contribution in [-0.2, 0) is 9.59 Å². The number of ether oxygens (including phenoxy) is 1. The molecule has 1 aromatic carbocycles. The fourth-order valence-corrected chi connectivity index (χ4v) is 3.54. The number of hydrogen-bond donors (Lipinski definition) is 1. The van der Waals surface area contributed by atoms with E-state index in [4.69, 9.17) is 27.9 Å². The largest absolute Gasteiger partial charge is 0.482 e. The van der Waals surface area contributed by atoms with Crippen molar-refractivity contribution in [2.24, 2.45) is 5.92 Å². The first-order chi connectivity index (χ1) is 12.4. The van der Waals surface area contributed by atoms with Crippen LogP contribution < -0.4 is 10.1 Å². The van der Waals surface area contributed by atoms with E-state index in [-0.39, 0.29) is 30.4 Å². The zero-order valence-electron chi connectivity index (χ0n) is 15.3. The first-order valence-electron chi connectivity index (χ1n) is 9.10. The molecule has 1 aromatic rings. The number of likely N-dealkylation sites (tertiary alicyclic amines) is 1. The highest BCUT2D eigenvalue weighted by atomic mass is 35.5. The Labute approximate surface area is 165 Å². The van der Waals surface area contributed by atoms with Crippen molar-refractivity contribution in [1.82, 2.24) is 10.2 Å². The Hall–Kier alpha value is -1.46. The van der Waals surface area contributed by atoms with Crippen LogP contribution in [0.3, 0.4) is 0 Å². The molecule has 0 radical (unpaired) electrons.